The quantitative estimate of drug-likeness (QED) is 0.747. The molecule has 4 heterocycles. The number of fused-ring (bicyclic) bond motifs is 2. The number of carbonyl (C=O) groups is 1. The van der Waals surface area contributed by atoms with Gasteiger partial charge in [-0.2, -0.15) is 5.10 Å². The van der Waals surface area contributed by atoms with Crippen molar-refractivity contribution in [2.45, 2.75) is 20.0 Å². The van der Waals surface area contributed by atoms with Crippen molar-refractivity contribution in [3.8, 4) is 0 Å². The number of carbonyl (C=O) groups excluding carboxylic acids is 1. The van der Waals surface area contributed by atoms with Crippen molar-refractivity contribution in [3.05, 3.63) is 40.2 Å². The number of nitrogens with zero attached hydrogens (tertiary/aromatic N) is 3. The summed E-state index contributed by atoms with van der Waals surface area (Å²) in [7, 11) is 1.92. The van der Waals surface area contributed by atoms with Crippen LogP contribution in [0.5, 0.6) is 0 Å². The summed E-state index contributed by atoms with van der Waals surface area (Å²) >= 11 is 1.71. The van der Waals surface area contributed by atoms with Crippen LogP contribution in [0.2, 0.25) is 0 Å². The number of H-pyrrole nitrogens is 1. The predicted octanol–water partition coefficient (Wildman–Crippen LogP) is 2.43. The van der Waals surface area contributed by atoms with Crippen LogP contribution >= 0.6 is 11.3 Å². The van der Waals surface area contributed by atoms with E-state index in [9.17, 15) is 4.79 Å². The molecule has 0 atom stereocenters. The van der Waals surface area contributed by atoms with Gasteiger partial charge < -0.3 is 9.88 Å². The first kappa shape index (κ1) is 11.7. The highest BCUT2D eigenvalue weighted by Crippen LogP contribution is 2.28. The van der Waals surface area contributed by atoms with Crippen LogP contribution in [0, 0.1) is 6.92 Å². The molecule has 0 aromatic carbocycles. The number of aryl methyl sites for hydroxylation is 2. The molecule has 1 aliphatic heterocycles. The molecule has 1 N–H and O–H groups in total. The molecule has 1 amide bonds. The molecule has 5 nitrogen and oxygen atoms in total. The van der Waals surface area contributed by atoms with Gasteiger partial charge in [0.25, 0.3) is 5.91 Å². The summed E-state index contributed by atoms with van der Waals surface area (Å²) in [6, 6.07) is 4.04. The van der Waals surface area contributed by atoms with E-state index >= 15 is 0 Å². The topological polar surface area (TPSA) is 53.9 Å². The fourth-order valence-electron chi connectivity index (χ4n) is 2.77. The lowest BCUT2D eigenvalue weighted by Gasteiger charge is -2.14. The number of hydrogen-bond acceptors (Lipinski definition) is 3. The van der Waals surface area contributed by atoms with Gasteiger partial charge in [0.2, 0.25) is 0 Å². The molecule has 3 aromatic heterocycles. The second kappa shape index (κ2) is 3.96. The predicted molar refractivity (Wildman–Crippen MR) is 77.7 cm³/mol. The molecule has 0 saturated heterocycles. The molecule has 4 rings (SSSR count). The largest absolute Gasteiger partial charge is 0.350 e. The molecule has 102 valence electrons. The van der Waals surface area contributed by atoms with Crippen LogP contribution in [-0.4, -0.2) is 25.6 Å². The summed E-state index contributed by atoms with van der Waals surface area (Å²) in [6.45, 7) is 3.36. The zero-order valence-electron chi connectivity index (χ0n) is 11.3. The van der Waals surface area contributed by atoms with Crippen molar-refractivity contribution < 1.29 is 4.79 Å². The Labute approximate surface area is 119 Å². The fourth-order valence-corrected chi connectivity index (χ4v) is 3.69. The summed E-state index contributed by atoms with van der Waals surface area (Å²) in [5, 5.41) is 4.21. The first-order chi connectivity index (χ1) is 9.61. The Balaban J connectivity index is 1.63. The molecular formula is C14H14N4OS. The van der Waals surface area contributed by atoms with Crippen molar-refractivity contribution in [1.82, 2.24) is 19.7 Å². The third kappa shape index (κ3) is 1.61. The fraction of sp³-hybridized carbons (Fsp3) is 0.286. The van der Waals surface area contributed by atoms with E-state index in [1.165, 1.54) is 4.88 Å². The maximum Gasteiger partial charge on any atom is 0.270 e. The average molecular weight is 286 g/mol. The van der Waals surface area contributed by atoms with Gasteiger partial charge in [0, 0.05) is 24.0 Å². The molecule has 1 aliphatic rings. The Kier molecular flexibility index (Phi) is 2.32. The van der Waals surface area contributed by atoms with Gasteiger partial charge in [-0.1, -0.05) is 0 Å². The molecule has 0 radical (unpaired) electrons. The van der Waals surface area contributed by atoms with E-state index in [1.807, 2.05) is 28.9 Å². The Morgan fingerprint density at radius 1 is 1.40 bits per heavy atom. The van der Waals surface area contributed by atoms with E-state index in [4.69, 9.17) is 0 Å². The van der Waals surface area contributed by atoms with Crippen LogP contribution in [-0.2, 0) is 20.1 Å². The maximum atomic E-state index is 12.5. The van der Waals surface area contributed by atoms with Crippen LogP contribution in [0.4, 0.5) is 0 Å². The Bertz CT molecular complexity index is 794. The zero-order chi connectivity index (χ0) is 13.9. The van der Waals surface area contributed by atoms with E-state index in [0.717, 1.165) is 21.5 Å². The molecule has 6 heteroatoms. The minimum absolute atomic E-state index is 0.0576. The van der Waals surface area contributed by atoms with Crippen LogP contribution in [0.25, 0.3) is 10.2 Å². The maximum absolute atomic E-state index is 12.5. The summed E-state index contributed by atoms with van der Waals surface area (Å²) in [5.74, 6) is 0.0576. The average Bonchev–Trinajstić information content (AvgIpc) is 3.10. The minimum Gasteiger partial charge on any atom is -0.350 e. The highest BCUT2D eigenvalue weighted by molar-refractivity contribution is 7.19. The van der Waals surface area contributed by atoms with E-state index < -0.39 is 0 Å². The highest BCUT2D eigenvalue weighted by Gasteiger charge is 2.27. The lowest BCUT2D eigenvalue weighted by molar-refractivity contribution is 0.0743. The van der Waals surface area contributed by atoms with Crippen molar-refractivity contribution in [3.63, 3.8) is 0 Å². The second-order valence-electron chi connectivity index (χ2n) is 5.22. The highest BCUT2D eigenvalue weighted by atomic mass is 32.1. The molecule has 3 aromatic rings. The van der Waals surface area contributed by atoms with Gasteiger partial charge in [0.05, 0.1) is 28.7 Å². The zero-order valence-corrected chi connectivity index (χ0v) is 12.1. The lowest BCUT2D eigenvalue weighted by Crippen LogP contribution is -2.26. The number of thiophene rings is 1. The number of amides is 1. The number of rotatable bonds is 1. The van der Waals surface area contributed by atoms with Gasteiger partial charge in [0.15, 0.2) is 0 Å². The van der Waals surface area contributed by atoms with Gasteiger partial charge in [-0.3, -0.25) is 9.48 Å². The third-order valence-electron chi connectivity index (χ3n) is 3.80. The van der Waals surface area contributed by atoms with Gasteiger partial charge in [-0.15, -0.1) is 11.3 Å². The van der Waals surface area contributed by atoms with Gasteiger partial charge >= 0.3 is 0 Å². The SMILES string of the molecule is Cc1cc2[nH]c(C(=O)N3Cc4cnn(C)c4C3)cc2s1. The summed E-state index contributed by atoms with van der Waals surface area (Å²) in [5.41, 5.74) is 3.99. The van der Waals surface area contributed by atoms with E-state index in [0.29, 0.717) is 18.8 Å². The molecule has 0 bridgehead atoms. The molecule has 0 unspecified atom stereocenters. The minimum atomic E-state index is 0.0576. The first-order valence-corrected chi connectivity index (χ1v) is 7.31. The molecule has 0 spiro atoms. The van der Waals surface area contributed by atoms with E-state index in [-0.39, 0.29) is 5.91 Å². The normalized spacial score (nSPS) is 14.2. The summed E-state index contributed by atoms with van der Waals surface area (Å²) in [4.78, 5) is 18.9. The van der Waals surface area contributed by atoms with E-state index in [1.54, 1.807) is 11.3 Å². The van der Waals surface area contributed by atoms with Crippen molar-refractivity contribution >= 4 is 27.5 Å². The van der Waals surface area contributed by atoms with Crippen LogP contribution in [0.3, 0.4) is 0 Å². The lowest BCUT2D eigenvalue weighted by atomic mass is 10.3. The molecule has 0 aliphatic carbocycles. The number of aromatic amines is 1. The monoisotopic (exact) mass is 286 g/mol. The van der Waals surface area contributed by atoms with E-state index in [2.05, 4.69) is 23.1 Å². The Morgan fingerprint density at radius 3 is 3.00 bits per heavy atom. The third-order valence-corrected chi connectivity index (χ3v) is 4.79. The number of aromatic nitrogens is 3. The Morgan fingerprint density at radius 2 is 2.25 bits per heavy atom. The first-order valence-electron chi connectivity index (χ1n) is 6.50. The van der Waals surface area contributed by atoms with Gasteiger partial charge in [-0.05, 0) is 19.1 Å². The van der Waals surface area contributed by atoms with Gasteiger partial charge in [-0.25, -0.2) is 0 Å². The molecular weight excluding hydrogens is 272 g/mol. The smallest absolute Gasteiger partial charge is 0.270 e. The molecule has 0 saturated carbocycles. The van der Waals surface area contributed by atoms with Crippen molar-refractivity contribution in [1.29, 1.82) is 0 Å². The molecule has 0 fully saturated rings. The van der Waals surface area contributed by atoms with Crippen LogP contribution in [0.15, 0.2) is 18.3 Å². The van der Waals surface area contributed by atoms with Gasteiger partial charge in [0.1, 0.15) is 5.69 Å². The van der Waals surface area contributed by atoms with Crippen molar-refractivity contribution in [2.24, 2.45) is 7.05 Å². The number of nitrogens with one attached hydrogen (secondary N) is 1. The second-order valence-corrected chi connectivity index (χ2v) is 6.51. The van der Waals surface area contributed by atoms with Crippen LogP contribution in [0.1, 0.15) is 26.6 Å². The number of hydrogen-bond donors (Lipinski definition) is 1. The van der Waals surface area contributed by atoms with Crippen molar-refractivity contribution in [2.75, 3.05) is 0 Å². The summed E-state index contributed by atoms with van der Waals surface area (Å²) in [6.07, 6.45) is 1.85. The summed E-state index contributed by atoms with van der Waals surface area (Å²) < 4.78 is 2.99. The Hall–Kier alpha value is -2.08. The standard InChI is InChI=1S/C14H14N4OS/c1-8-3-10-13(20-8)4-11(16-10)14(19)18-6-9-5-15-17(2)12(9)7-18/h3-5,16H,6-7H2,1-2H3. The van der Waals surface area contributed by atoms with Crippen LogP contribution < -0.4 is 0 Å². The molecule has 20 heavy (non-hydrogen) atoms.